The number of benzene rings is 1. The van der Waals surface area contributed by atoms with Crippen LogP contribution in [0.5, 0.6) is 11.5 Å². The number of aldehydes is 1. The maximum Gasteiger partial charge on any atom is 0.171 e. The first kappa shape index (κ1) is 16.5. The van der Waals surface area contributed by atoms with E-state index in [1.165, 1.54) is 7.11 Å². The fourth-order valence-electron chi connectivity index (χ4n) is 1.63. The highest BCUT2D eigenvalue weighted by Crippen LogP contribution is 2.29. The monoisotopic (exact) mass is 282 g/mol. The van der Waals surface area contributed by atoms with E-state index in [-0.39, 0.29) is 13.2 Å². The molecule has 0 aliphatic rings. The summed E-state index contributed by atoms with van der Waals surface area (Å²) in [5.74, 6) is 0.811. The van der Waals surface area contributed by atoms with E-state index in [1.54, 1.807) is 18.2 Å². The average molecular weight is 282 g/mol. The molecule has 0 fully saturated rings. The molecule has 112 valence electrons. The van der Waals surface area contributed by atoms with Crippen molar-refractivity contribution in [3.63, 3.8) is 0 Å². The molecule has 0 saturated carbocycles. The van der Waals surface area contributed by atoms with Crippen LogP contribution >= 0.6 is 0 Å². The number of aliphatic hydroxyl groups is 1. The molecular weight excluding hydrogens is 260 g/mol. The Morgan fingerprint density at radius 3 is 2.80 bits per heavy atom. The summed E-state index contributed by atoms with van der Waals surface area (Å²) >= 11 is 0. The Kier molecular flexibility index (Phi) is 7.69. The Hall–Kier alpha value is -1.59. The van der Waals surface area contributed by atoms with Crippen LogP contribution in [0.15, 0.2) is 18.2 Å². The zero-order chi connectivity index (χ0) is 14.8. The second-order valence-electron chi connectivity index (χ2n) is 4.39. The number of hydrogen-bond donors (Lipinski definition) is 1. The molecule has 1 aromatic rings. The predicted octanol–water partition coefficient (Wildman–Crippen LogP) is 2.06. The molecule has 0 aliphatic heterocycles. The van der Waals surface area contributed by atoms with Crippen LogP contribution in [0.3, 0.4) is 0 Å². The first-order valence-corrected chi connectivity index (χ1v) is 6.73. The van der Waals surface area contributed by atoms with Crippen LogP contribution in [0.25, 0.3) is 0 Å². The minimum Gasteiger partial charge on any atom is -0.493 e. The molecule has 0 aliphatic carbocycles. The maximum atomic E-state index is 11.0. The molecule has 1 atom stereocenters. The molecule has 1 unspecified atom stereocenters. The summed E-state index contributed by atoms with van der Waals surface area (Å²) in [5.41, 5.74) is 0.392. The van der Waals surface area contributed by atoms with Crippen molar-refractivity contribution in [2.24, 2.45) is 0 Å². The van der Waals surface area contributed by atoms with Gasteiger partial charge in [-0.05, 0) is 18.6 Å². The number of hydrogen-bond acceptors (Lipinski definition) is 5. The second kappa shape index (κ2) is 9.34. The van der Waals surface area contributed by atoms with E-state index < -0.39 is 6.10 Å². The number of carbonyl (C=O) groups is 1. The van der Waals surface area contributed by atoms with Crippen LogP contribution in [0.1, 0.15) is 30.1 Å². The number of rotatable bonds is 10. The van der Waals surface area contributed by atoms with Crippen molar-refractivity contribution in [2.75, 3.05) is 26.9 Å². The van der Waals surface area contributed by atoms with Crippen LogP contribution in [0, 0.1) is 0 Å². The van der Waals surface area contributed by atoms with Crippen LogP contribution in [-0.2, 0) is 4.74 Å². The first-order valence-electron chi connectivity index (χ1n) is 6.73. The third-order valence-corrected chi connectivity index (χ3v) is 2.73. The van der Waals surface area contributed by atoms with E-state index in [1.807, 2.05) is 0 Å². The largest absolute Gasteiger partial charge is 0.493 e. The smallest absolute Gasteiger partial charge is 0.171 e. The number of carbonyl (C=O) groups excluding carboxylic acids is 1. The van der Waals surface area contributed by atoms with Gasteiger partial charge in [-0.15, -0.1) is 0 Å². The zero-order valence-electron chi connectivity index (χ0n) is 12.0. The minimum absolute atomic E-state index is 0.0489. The molecule has 5 nitrogen and oxygen atoms in total. The number of aliphatic hydroxyl groups excluding tert-OH is 1. The molecule has 0 radical (unpaired) electrons. The highest BCUT2D eigenvalue weighted by molar-refractivity contribution is 5.81. The topological polar surface area (TPSA) is 65.0 Å². The third kappa shape index (κ3) is 5.19. The van der Waals surface area contributed by atoms with Crippen molar-refractivity contribution in [2.45, 2.75) is 25.9 Å². The van der Waals surface area contributed by atoms with Gasteiger partial charge in [0.15, 0.2) is 17.8 Å². The number of methoxy groups -OCH3 is 1. The van der Waals surface area contributed by atoms with E-state index in [0.717, 1.165) is 12.8 Å². The highest BCUT2D eigenvalue weighted by Gasteiger charge is 2.12. The Bertz CT molecular complexity index is 405. The van der Waals surface area contributed by atoms with Gasteiger partial charge in [0.2, 0.25) is 0 Å². The molecule has 0 spiro atoms. The number of para-hydroxylation sites is 1. The Morgan fingerprint density at radius 2 is 2.15 bits per heavy atom. The first-order chi connectivity index (χ1) is 9.72. The predicted molar refractivity (Wildman–Crippen MR) is 75.6 cm³/mol. The summed E-state index contributed by atoms with van der Waals surface area (Å²) in [6.45, 7) is 2.96. The fourth-order valence-corrected chi connectivity index (χ4v) is 1.63. The van der Waals surface area contributed by atoms with Gasteiger partial charge in [0, 0.05) is 6.61 Å². The summed E-state index contributed by atoms with van der Waals surface area (Å²) in [6, 6.07) is 5.04. The fraction of sp³-hybridized carbons (Fsp3) is 0.533. The van der Waals surface area contributed by atoms with Gasteiger partial charge in [-0.25, -0.2) is 0 Å². The lowest BCUT2D eigenvalue weighted by Gasteiger charge is -2.15. The van der Waals surface area contributed by atoms with Gasteiger partial charge < -0.3 is 19.3 Å². The van der Waals surface area contributed by atoms with Gasteiger partial charge in [-0.2, -0.15) is 0 Å². The van der Waals surface area contributed by atoms with E-state index in [0.29, 0.717) is 30.0 Å². The van der Waals surface area contributed by atoms with Crippen LogP contribution < -0.4 is 9.47 Å². The molecule has 1 rings (SSSR count). The van der Waals surface area contributed by atoms with Gasteiger partial charge >= 0.3 is 0 Å². The van der Waals surface area contributed by atoms with Crippen molar-refractivity contribution in [3.8, 4) is 11.5 Å². The van der Waals surface area contributed by atoms with Gasteiger partial charge in [0.1, 0.15) is 12.7 Å². The van der Waals surface area contributed by atoms with Crippen molar-refractivity contribution in [1.82, 2.24) is 0 Å². The van der Waals surface area contributed by atoms with Crippen LogP contribution in [0.2, 0.25) is 0 Å². The van der Waals surface area contributed by atoms with Crippen LogP contribution in [0.4, 0.5) is 0 Å². The zero-order valence-corrected chi connectivity index (χ0v) is 12.0. The molecule has 0 amide bonds. The third-order valence-electron chi connectivity index (χ3n) is 2.73. The lowest BCUT2D eigenvalue weighted by molar-refractivity contribution is 0.0107. The van der Waals surface area contributed by atoms with Crippen molar-refractivity contribution < 1.29 is 24.1 Å². The van der Waals surface area contributed by atoms with Crippen molar-refractivity contribution in [1.29, 1.82) is 0 Å². The molecular formula is C15H22O5. The number of ether oxygens (including phenoxy) is 3. The summed E-state index contributed by atoms with van der Waals surface area (Å²) in [4.78, 5) is 11.0. The standard InChI is InChI=1S/C15H22O5/c1-3-4-8-19-10-13(17)11-20-15-12(9-16)6-5-7-14(15)18-2/h5-7,9,13,17H,3-4,8,10-11H2,1-2H3. The molecule has 0 bridgehead atoms. The molecule has 1 N–H and O–H groups in total. The van der Waals surface area contributed by atoms with E-state index >= 15 is 0 Å². The Labute approximate surface area is 119 Å². The quantitative estimate of drug-likeness (QED) is 0.525. The van der Waals surface area contributed by atoms with E-state index in [9.17, 15) is 9.90 Å². The molecule has 20 heavy (non-hydrogen) atoms. The molecule has 1 aromatic carbocycles. The van der Waals surface area contributed by atoms with Gasteiger partial charge in [0.25, 0.3) is 0 Å². The highest BCUT2D eigenvalue weighted by atomic mass is 16.5. The lowest BCUT2D eigenvalue weighted by Crippen LogP contribution is -2.24. The second-order valence-corrected chi connectivity index (χ2v) is 4.39. The Balaban J connectivity index is 2.50. The minimum atomic E-state index is -0.740. The lowest BCUT2D eigenvalue weighted by atomic mass is 10.2. The Morgan fingerprint density at radius 1 is 1.35 bits per heavy atom. The normalized spacial score (nSPS) is 11.9. The van der Waals surface area contributed by atoms with Crippen molar-refractivity contribution >= 4 is 6.29 Å². The average Bonchev–Trinajstić information content (AvgIpc) is 2.49. The summed E-state index contributed by atoms with van der Waals surface area (Å²) in [5, 5.41) is 9.76. The van der Waals surface area contributed by atoms with E-state index in [2.05, 4.69) is 6.92 Å². The van der Waals surface area contributed by atoms with Crippen LogP contribution in [-0.4, -0.2) is 44.4 Å². The molecule has 0 heterocycles. The molecule has 0 aromatic heterocycles. The summed E-state index contributed by atoms with van der Waals surface area (Å²) in [7, 11) is 1.50. The molecule has 5 heteroatoms. The van der Waals surface area contributed by atoms with Gasteiger partial charge in [-0.3, -0.25) is 4.79 Å². The number of unbranched alkanes of at least 4 members (excludes halogenated alkanes) is 1. The van der Waals surface area contributed by atoms with Gasteiger partial charge in [-0.1, -0.05) is 19.4 Å². The summed E-state index contributed by atoms with van der Waals surface area (Å²) < 4.78 is 15.9. The maximum absolute atomic E-state index is 11.0. The van der Waals surface area contributed by atoms with E-state index in [4.69, 9.17) is 14.2 Å². The van der Waals surface area contributed by atoms with Crippen molar-refractivity contribution in [3.05, 3.63) is 23.8 Å². The molecule has 0 saturated heterocycles. The summed E-state index contributed by atoms with van der Waals surface area (Å²) in [6.07, 6.45) is 1.98. The SMILES string of the molecule is CCCCOCC(O)COc1c(C=O)cccc1OC. The van der Waals surface area contributed by atoms with Gasteiger partial charge in [0.05, 0.1) is 19.3 Å².